The number of para-hydroxylation sites is 1. The van der Waals surface area contributed by atoms with Crippen LogP contribution in [0.2, 0.25) is 0 Å². The number of carboxylic acids is 2. The fourth-order valence-corrected chi connectivity index (χ4v) is 2.38. The quantitative estimate of drug-likeness (QED) is 0.524. The van der Waals surface area contributed by atoms with Crippen LogP contribution in [0.3, 0.4) is 0 Å². The Morgan fingerprint density at radius 1 is 0.815 bits per heavy atom. The Morgan fingerprint density at radius 2 is 1.41 bits per heavy atom. The molecule has 0 atom stereocenters. The van der Waals surface area contributed by atoms with Gasteiger partial charge in [-0.3, -0.25) is 0 Å². The molecule has 0 aliphatic heterocycles. The van der Waals surface area contributed by atoms with Gasteiger partial charge in [0.25, 0.3) is 0 Å². The lowest BCUT2D eigenvalue weighted by atomic mass is 10.1. The highest BCUT2D eigenvalue weighted by Crippen LogP contribution is 2.32. The monoisotopic (exact) mass is 358 g/mol. The van der Waals surface area contributed by atoms with Crippen molar-refractivity contribution in [2.75, 3.05) is 0 Å². The second-order valence-electron chi connectivity index (χ2n) is 5.68. The molecule has 27 heavy (non-hydrogen) atoms. The van der Waals surface area contributed by atoms with E-state index in [4.69, 9.17) is 21.4 Å². The highest BCUT2D eigenvalue weighted by atomic mass is 16.5. The molecular weight excluding hydrogens is 344 g/mol. The van der Waals surface area contributed by atoms with Gasteiger partial charge >= 0.3 is 11.9 Å². The second kappa shape index (κ2) is 7.46. The van der Waals surface area contributed by atoms with Crippen LogP contribution in [-0.4, -0.2) is 22.2 Å². The maximum absolute atomic E-state index is 11.0. The molecule has 2 aliphatic rings. The zero-order valence-corrected chi connectivity index (χ0v) is 14.0. The summed E-state index contributed by atoms with van der Waals surface area (Å²) in [6, 6.07) is 18.7. The highest BCUT2D eigenvalue weighted by molar-refractivity contribution is 5.94. The summed E-state index contributed by atoms with van der Waals surface area (Å²) in [5.41, 5.74) is 2.98. The summed E-state index contributed by atoms with van der Waals surface area (Å²) in [5, 5.41) is 18.0. The predicted octanol–water partition coefficient (Wildman–Crippen LogP) is 4.52. The Labute approximate surface area is 155 Å². The fraction of sp³-hybridized carbons (Fsp3) is 0. The molecule has 132 valence electrons. The van der Waals surface area contributed by atoms with Gasteiger partial charge in [0.05, 0.1) is 16.7 Å². The largest absolute Gasteiger partial charge is 0.478 e. The molecule has 0 fully saturated rings. The van der Waals surface area contributed by atoms with Crippen molar-refractivity contribution in [2.45, 2.75) is 0 Å². The van der Waals surface area contributed by atoms with Crippen LogP contribution >= 0.6 is 0 Å². The minimum atomic E-state index is -1.24. The molecule has 0 saturated heterocycles. The summed E-state index contributed by atoms with van der Waals surface area (Å²) in [6.45, 7) is 0. The van der Waals surface area contributed by atoms with Crippen LogP contribution in [0.1, 0.15) is 26.3 Å². The number of terminal acetylenes is 1. The van der Waals surface area contributed by atoms with Crippen molar-refractivity contribution >= 4 is 11.9 Å². The van der Waals surface area contributed by atoms with E-state index in [0.29, 0.717) is 11.3 Å². The van der Waals surface area contributed by atoms with Crippen molar-refractivity contribution in [3.05, 3.63) is 83.4 Å². The lowest BCUT2D eigenvalue weighted by molar-refractivity contribution is 0.0696. The van der Waals surface area contributed by atoms with Gasteiger partial charge in [-0.25, -0.2) is 9.59 Å². The average molecular weight is 358 g/mol. The van der Waals surface area contributed by atoms with E-state index in [1.165, 1.54) is 23.3 Å². The summed E-state index contributed by atoms with van der Waals surface area (Å²) in [6.07, 6.45) is 5.34. The fourth-order valence-electron chi connectivity index (χ4n) is 2.38. The first kappa shape index (κ1) is 17.8. The molecule has 0 heterocycles. The molecule has 2 N–H and O–H groups in total. The van der Waals surface area contributed by atoms with Gasteiger partial charge < -0.3 is 14.9 Å². The molecule has 0 radical (unpaired) electrons. The van der Waals surface area contributed by atoms with E-state index in [1.54, 1.807) is 24.3 Å². The number of rotatable bonds is 4. The van der Waals surface area contributed by atoms with E-state index in [2.05, 4.69) is 30.2 Å². The van der Waals surface area contributed by atoms with Gasteiger partial charge in [-0.05, 0) is 47.5 Å². The van der Waals surface area contributed by atoms with Crippen LogP contribution in [0, 0.1) is 12.3 Å². The van der Waals surface area contributed by atoms with Gasteiger partial charge in [0.15, 0.2) is 0 Å². The maximum Gasteiger partial charge on any atom is 0.335 e. The van der Waals surface area contributed by atoms with Gasteiger partial charge in [-0.15, -0.1) is 6.42 Å². The molecule has 0 amide bonds. The molecule has 2 aliphatic carbocycles. The van der Waals surface area contributed by atoms with Gasteiger partial charge in [-0.1, -0.05) is 36.3 Å². The highest BCUT2D eigenvalue weighted by Gasteiger charge is 2.13. The van der Waals surface area contributed by atoms with Gasteiger partial charge in [0.2, 0.25) is 0 Å². The standard InChI is InChI=1S/C16H10O5.C6H4/c1-2-10-5-3-4-6-14(10)21-13-8-11(15(17)18)7-12(9-13)16(19)20;1-2-5-4-6(5)3-1/h1,3-9H,(H,17,18)(H,19,20);1-4H. The number of aromatic carboxylic acids is 2. The Balaban J connectivity index is 0.000000290. The summed E-state index contributed by atoms with van der Waals surface area (Å²) in [7, 11) is 0. The molecule has 0 saturated carbocycles. The maximum atomic E-state index is 11.0. The van der Waals surface area contributed by atoms with Gasteiger partial charge in [0, 0.05) is 0 Å². The minimum absolute atomic E-state index is 0.0926. The molecule has 0 spiro atoms. The molecule has 4 rings (SSSR count). The topological polar surface area (TPSA) is 83.8 Å². The summed E-state index contributed by atoms with van der Waals surface area (Å²) < 4.78 is 5.51. The third-order valence-electron chi connectivity index (χ3n) is 3.78. The third-order valence-corrected chi connectivity index (χ3v) is 3.78. The minimum Gasteiger partial charge on any atom is -0.478 e. The molecule has 5 nitrogen and oxygen atoms in total. The van der Waals surface area contributed by atoms with Crippen molar-refractivity contribution < 1.29 is 24.5 Å². The van der Waals surface area contributed by atoms with Crippen LogP contribution in [0.5, 0.6) is 11.5 Å². The van der Waals surface area contributed by atoms with Crippen LogP contribution in [0.25, 0.3) is 11.1 Å². The Morgan fingerprint density at radius 3 is 1.85 bits per heavy atom. The summed E-state index contributed by atoms with van der Waals surface area (Å²) in [5.74, 6) is 0.387. The summed E-state index contributed by atoms with van der Waals surface area (Å²) in [4.78, 5) is 22.0. The molecular formula is C22H14O5. The number of carboxylic acid groups (broad SMARTS) is 2. The lowest BCUT2D eigenvalue weighted by Gasteiger charge is -2.09. The van der Waals surface area contributed by atoms with E-state index >= 15 is 0 Å². The number of carbonyl (C=O) groups is 2. The number of hydrogen-bond acceptors (Lipinski definition) is 3. The van der Waals surface area contributed by atoms with E-state index in [9.17, 15) is 9.59 Å². The van der Waals surface area contributed by atoms with Gasteiger partial charge in [-0.2, -0.15) is 0 Å². The normalized spacial score (nSPS) is 10.0. The van der Waals surface area contributed by atoms with Gasteiger partial charge in [0.1, 0.15) is 11.5 Å². The lowest BCUT2D eigenvalue weighted by Crippen LogP contribution is -2.03. The SMILES string of the molecule is C#Cc1ccccc1Oc1cc(C(=O)O)cc(C(=O)O)c1.c1cc2cc-2c1. The van der Waals surface area contributed by atoms with Crippen molar-refractivity contribution in [1.82, 2.24) is 0 Å². The molecule has 0 bridgehead atoms. The van der Waals surface area contributed by atoms with Crippen LogP contribution in [0.15, 0.2) is 66.7 Å². The second-order valence-corrected chi connectivity index (χ2v) is 5.68. The van der Waals surface area contributed by atoms with E-state index < -0.39 is 11.9 Å². The molecule has 0 aromatic heterocycles. The van der Waals surface area contributed by atoms with E-state index in [1.807, 2.05) is 0 Å². The Kier molecular flexibility index (Phi) is 4.91. The third kappa shape index (κ3) is 4.33. The van der Waals surface area contributed by atoms with Crippen molar-refractivity contribution in [2.24, 2.45) is 0 Å². The number of hydrogen-bond donors (Lipinski definition) is 2. The van der Waals surface area contributed by atoms with Crippen molar-refractivity contribution in [1.29, 1.82) is 0 Å². The summed E-state index contributed by atoms with van der Waals surface area (Å²) >= 11 is 0. The smallest absolute Gasteiger partial charge is 0.335 e. The van der Waals surface area contributed by atoms with Crippen molar-refractivity contribution in [3.63, 3.8) is 0 Å². The number of ether oxygens (including phenoxy) is 1. The predicted molar refractivity (Wildman–Crippen MR) is 100 cm³/mol. The van der Waals surface area contributed by atoms with Crippen LogP contribution < -0.4 is 4.74 Å². The van der Waals surface area contributed by atoms with Crippen molar-refractivity contribution in [3.8, 4) is 35.0 Å². The zero-order valence-electron chi connectivity index (χ0n) is 14.0. The zero-order chi connectivity index (χ0) is 19.4. The first-order valence-corrected chi connectivity index (χ1v) is 7.93. The molecule has 2 aromatic rings. The Hall–Kier alpha value is -4.04. The van der Waals surface area contributed by atoms with Crippen LogP contribution in [0.4, 0.5) is 0 Å². The number of fused-ring (bicyclic) bond motifs is 1. The molecule has 0 unspecified atom stereocenters. The van der Waals surface area contributed by atoms with Crippen LogP contribution in [-0.2, 0) is 0 Å². The first-order chi connectivity index (χ1) is 13.0. The molecule has 5 heteroatoms. The van der Waals surface area contributed by atoms with E-state index in [-0.39, 0.29) is 16.9 Å². The van der Waals surface area contributed by atoms with E-state index in [0.717, 1.165) is 6.07 Å². The molecule has 2 aromatic carbocycles. The number of benzene rings is 3. The first-order valence-electron chi connectivity index (χ1n) is 7.93. The Bertz CT molecular complexity index is 1030. The average Bonchev–Trinajstić information content (AvgIpc) is 3.27.